The van der Waals surface area contributed by atoms with Gasteiger partial charge in [0.15, 0.2) is 0 Å². The monoisotopic (exact) mass is 332 g/mol. The van der Waals surface area contributed by atoms with Crippen LogP contribution >= 0.6 is 0 Å². The van der Waals surface area contributed by atoms with E-state index in [1.165, 1.54) is 0 Å². The molecule has 0 unspecified atom stereocenters. The van der Waals surface area contributed by atoms with Gasteiger partial charge in [-0.3, -0.25) is 4.79 Å². The molecule has 2 N–H and O–H groups in total. The van der Waals surface area contributed by atoms with Crippen molar-refractivity contribution in [1.29, 1.82) is 5.26 Å². The Bertz CT molecular complexity index is 888. The Balaban J connectivity index is 1.74. The predicted molar refractivity (Wildman–Crippen MR) is 93.7 cm³/mol. The second kappa shape index (κ2) is 7.02. The molecular weight excluding hydrogens is 316 g/mol. The van der Waals surface area contributed by atoms with Gasteiger partial charge in [-0.15, -0.1) is 0 Å². The van der Waals surface area contributed by atoms with Crippen molar-refractivity contribution in [2.24, 2.45) is 0 Å². The predicted octanol–water partition coefficient (Wildman–Crippen LogP) is 3.73. The van der Waals surface area contributed by atoms with Crippen molar-refractivity contribution in [3.8, 4) is 17.2 Å². The fourth-order valence-corrected chi connectivity index (χ4v) is 2.92. The molecule has 2 aromatic carbocycles. The fourth-order valence-electron chi connectivity index (χ4n) is 2.92. The molecular formula is C20H16N2O3. The van der Waals surface area contributed by atoms with Crippen molar-refractivity contribution in [2.75, 3.05) is 5.32 Å². The van der Waals surface area contributed by atoms with E-state index in [1.807, 2.05) is 24.3 Å². The van der Waals surface area contributed by atoms with Crippen LogP contribution in [-0.4, -0.2) is 17.0 Å². The standard InChI is InChI=1S/C20H16N2O3/c21-12-13-4-6-14(7-5-13)15-8-10-16(11-9-15)22-19(23)17-2-1-3-18(17)20(24)25/h4-11H,1-3H2,(H,22,23)(H,24,25). The van der Waals surface area contributed by atoms with Gasteiger partial charge in [-0.25, -0.2) is 4.79 Å². The van der Waals surface area contributed by atoms with Crippen LogP contribution in [0.5, 0.6) is 0 Å². The molecule has 1 aliphatic carbocycles. The summed E-state index contributed by atoms with van der Waals surface area (Å²) in [4.78, 5) is 23.5. The zero-order valence-electron chi connectivity index (χ0n) is 13.5. The highest BCUT2D eigenvalue weighted by Gasteiger charge is 2.25. The molecule has 0 heterocycles. The molecule has 0 spiro atoms. The molecule has 0 aromatic heterocycles. The summed E-state index contributed by atoms with van der Waals surface area (Å²) in [6.45, 7) is 0. The summed E-state index contributed by atoms with van der Waals surface area (Å²) < 4.78 is 0. The lowest BCUT2D eigenvalue weighted by Gasteiger charge is -2.08. The van der Waals surface area contributed by atoms with Gasteiger partial charge >= 0.3 is 5.97 Å². The average molecular weight is 332 g/mol. The molecule has 0 aliphatic heterocycles. The van der Waals surface area contributed by atoms with Gasteiger partial charge in [-0.05, 0) is 54.7 Å². The molecule has 124 valence electrons. The lowest BCUT2D eigenvalue weighted by molar-refractivity contribution is -0.133. The SMILES string of the molecule is N#Cc1ccc(-c2ccc(NC(=O)C3=C(C(=O)O)CCC3)cc2)cc1. The summed E-state index contributed by atoms with van der Waals surface area (Å²) in [5, 5.41) is 20.7. The number of anilines is 1. The van der Waals surface area contributed by atoms with E-state index in [0.29, 0.717) is 36.1 Å². The number of carboxylic acids is 1. The summed E-state index contributed by atoms with van der Waals surface area (Å²) in [5.41, 5.74) is 3.74. The number of carbonyl (C=O) groups is 2. The average Bonchev–Trinajstić information content (AvgIpc) is 3.13. The number of nitrogens with one attached hydrogen (secondary N) is 1. The Morgan fingerprint density at radius 2 is 1.48 bits per heavy atom. The van der Waals surface area contributed by atoms with Crippen LogP contribution in [0.15, 0.2) is 59.7 Å². The third-order valence-corrected chi connectivity index (χ3v) is 4.24. The highest BCUT2D eigenvalue weighted by atomic mass is 16.4. The van der Waals surface area contributed by atoms with E-state index in [1.54, 1.807) is 24.3 Å². The minimum Gasteiger partial charge on any atom is -0.478 e. The summed E-state index contributed by atoms with van der Waals surface area (Å²) in [6, 6.07) is 16.6. The van der Waals surface area contributed by atoms with E-state index in [4.69, 9.17) is 10.4 Å². The normalized spacial score (nSPS) is 13.4. The third kappa shape index (κ3) is 3.59. The maximum Gasteiger partial charge on any atom is 0.332 e. The van der Waals surface area contributed by atoms with Gasteiger partial charge < -0.3 is 10.4 Å². The van der Waals surface area contributed by atoms with E-state index in [-0.39, 0.29) is 11.5 Å². The summed E-state index contributed by atoms with van der Waals surface area (Å²) in [5.74, 6) is -1.36. The summed E-state index contributed by atoms with van der Waals surface area (Å²) in [7, 11) is 0. The zero-order chi connectivity index (χ0) is 17.8. The van der Waals surface area contributed by atoms with Crippen molar-refractivity contribution >= 4 is 17.6 Å². The Kier molecular flexibility index (Phi) is 4.62. The van der Waals surface area contributed by atoms with Crippen LogP contribution in [0.2, 0.25) is 0 Å². The fraction of sp³-hybridized carbons (Fsp3) is 0.150. The molecule has 0 radical (unpaired) electrons. The van der Waals surface area contributed by atoms with Crippen LogP contribution in [0.4, 0.5) is 5.69 Å². The lowest BCUT2D eigenvalue weighted by Crippen LogP contribution is -2.16. The van der Waals surface area contributed by atoms with Gasteiger partial charge in [0.2, 0.25) is 0 Å². The first-order chi connectivity index (χ1) is 12.1. The Labute approximate surface area is 145 Å². The molecule has 3 rings (SSSR count). The van der Waals surface area contributed by atoms with Gasteiger partial charge in [0.25, 0.3) is 5.91 Å². The Hall–Kier alpha value is -3.39. The number of rotatable bonds is 4. The van der Waals surface area contributed by atoms with E-state index in [9.17, 15) is 9.59 Å². The van der Waals surface area contributed by atoms with Gasteiger partial charge in [0.05, 0.1) is 11.6 Å². The van der Waals surface area contributed by atoms with Crippen molar-refractivity contribution in [2.45, 2.75) is 19.3 Å². The molecule has 1 aliphatic rings. The second-order valence-electron chi connectivity index (χ2n) is 5.84. The molecule has 1 amide bonds. The molecule has 5 heteroatoms. The smallest absolute Gasteiger partial charge is 0.332 e. The molecule has 5 nitrogen and oxygen atoms in total. The molecule has 0 saturated carbocycles. The van der Waals surface area contributed by atoms with Crippen molar-refractivity contribution in [1.82, 2.24) is 0 Å². The number of hydrogen-bond acceptors (Lipinski definition) is 3. The van der Waals surface area contributed by atoms with Gasteiger partial charge in [-0.1, -0.05) is 24.3 Å². The van der Waals surface area contributed by atoms with Crippen molar-refractivity contribution < 1.29 is 14.7 Å². The molecule has 0 fully saturated rings. The van der Waals surface area contributed by atoms with Crippen LogP contribution in [0, 0.1) is 11.3 Å². The first-order valence-corrected chi connectivity index (χ1v) is 7.96. The summed E-state index contributed by atoms with van der Waals surface area (Å²) in [6.07, 6.45) is 1.63. The zero-order valence-corrected chi connectivity index (χ0v) is 13.5. The molecule has 2 aromatic rings. The minimum atomic E-state index is -1.01. The maximum absolute atomic E-state index is 12.3. The van der Waals surface area contributed by atoms with E-state index < -0.39 is 5.97 Å². The molecule has 0 saturated heterocycles. The number of hydrogen-bond donors (Lipinski definition) is 2. The van der Waals surface area contributed by atoms with E-state index in [0.717, 1.165) is 11.1 Å². The first-order valence-electron chi connectivity index (χ1n) is 7.96. The number of aliphatic carboxylic acids is 1. The number of carbonyl (C=O) groups excluding carboxylic acids is 1. The van der Waals surface area contributed by atoms with Crippen molar-refractivity contribution in [3.05, 3.63) is 65.2 Å². The number of benzene rings is 2. The van der Waals surface area contributed by atoms with Crippen LogP contribution in [0.1, 0.15) is 24.8 Å². The van der Waals surface area contributed by atoms with Gasteiger partial charge in [-0.2, -0.15) is 5.26 Å². The number of carboxylic acid groups (broad SMARTS) is 1. The largest absolute Gasteiger partial charge is 0.478 e. The highest BCUT2D eigenvalue weighted by Crippen LogP contribution is 2.28. The molecule has 25 heavy (non-hydrogen) atoms. The number of amides is 1. The Morgan fingerprint density at radius 1 is 0.920 bits per heavy atom. The summed E-state index contributed by atoms with van der Waals surface area (Å²) >= 11 is 0. The highest BCUT2D eigenvalue weighted by molar-refractivity contribution is 6.09. The molecule has 0 atom stereocenters. The van der Waals surface area contributed by atoms with Crippen LogP contribution in [-0.2, 0) is 9.59 Å². The van der Waals surface area contributed by atoms with Crippen LogP contribution in [0.3, 0.4) is 0 Å². The molecule has 0 bridgehead atoms. The van der Waals surface area contributed by atoms with Gasteiger partial charge in [0.1, 0.15) is 0 Å². The quantitative estimate of drug-likeness (QED) is 0.892. The van der Waals surface area contributed by atoms with E-state index in [2.05, 4.69) is 11.4 Å². The third-order valence-electron chi connectivity index (χ3n) is 4.24. The number of nitriles is 1. The maximum atomic E-state index is 12.3. The lowest BCUT2D eigenvalue weighted by atomic mass is 10.0. The second-order valence-corrected chi connectivity index (χ2v) is 5.84. The number of nitrogens with zero attached hydrogens (tertiary/aromatic N) is 1. The first kappa shape index (κ1) is 16.5. The Morgan fingerprint density at radius 3 is 2.04 bits per heavy atom. The minimum absolute atomic E-state index is 0.215. The van der Waals surface area contributed by atoms with E-state index >= 15 is 0 Å². The van der Waals surface area contributed by atoms with Gasteiger partial charge in [0, 0.05) is 16.8 Å². The topological polar surface area (TPSA) is 90.2 Å². The van der Waals surface area contributed by atoms with Crippen molar-refractivity contribution in [3.63, 3.8) is 0 Å². The van der Waals surface area contributed by atoms with Crippen LogP contribution in [0.25, 0.3) is 11.1 Å². The van der Waals surface area contributed by atoms with Crippen LogP contribution < -0.4 is 5.32 Å².